The molecule has 112 valence electrons. The molecule has 2 rings (SSSR count). The highest BCUT2D eigenvalue weighted by molar-refractivity contribution is 5.97. The van der Waals surface area contributed by atoms with E-state index in [0.717, 1.165) is 18.6 Å². The maximum atomic E-state index is 12.1. The van der Waals surface area contributed by atoms with E-state index >= 15 is 0 Å². The van der Waals surface area contributed by atoms with E-state index in [2.05, 4.69) is 5.32 Å². The third-order valence-electron chi connectivity index (χ3n) is 3.24. The lowest BCUT2D eigenvalue weighted by atomic mass is 10.0. The fraction of sp³-hybridized carbons (Fsp3) is 0.417. The van der Waals surface area contributed by atoms with Gasteiger partial charge < -0.3 is 10.1 Å². The first kappa shape index (κ1) is 14.9. The molecule has 1 heterocycles. The topological polar surface area (TPSA) is 125 Å². The van der Waals surface area contributed by atoms with Crippen LogP contribution in [0.3, 0.4) is 0 Å². The van der Waals surface area contributed by atoms with Crippen LogP contribution >= 0.6 is 0 Å². The molecule has 1 unspecified atom stereocenters. The molecule has 9 heteroatoms. The molecule has 9 nitrogen and oxygen atoms in total. The molecule has 1 saturated heterocycles. The second-order valence-corrected chi connectivity index (χ2v) is 4.63. The lowest BCUT2D eigenvalue weighted by molar-refractivity contribution is -0.394. The van der Waals surface area contributed by atoms with Crippen LogP contribution in [0.1, 0.15) is 28.8 Å². The number of hydrogen-bond acceptors (Lipinski definition) is 6. The Hall–Kier alpha value is -2.55. The van der Waals surface area contributed by atoms with E-state index in [0.29, 0.717) is 13.0 Å². The highest BCUT2D eigenvalue weighted by Gasteiger charge is 2.26. The van der Waals surface area contributed by atoms with E-state index in [1.165, 1.54) is 6.92 Å². The van der Waals surface area contributed by atoms with E-state index in [1.807, 2.05) is 0 Å². The number of nitro groups is 2. The molecule has 1 amide bonds. The Labute approximate surface area is 119 Å². The number of rotatable bonds is 4. The number of benzene rings is 1. The van der Waals surface area contributed by atoms with Crippen LogP contribution in [0.4, 0.5) is 11.4 Å². The lowest BCUT2D eigenvalue weighted by Gasteiger charge is -2.13. The van der Waals surface area contributed by atoms with E-state index < -0.39 is 33.4 Å². The fourth-order valence-electron chi connectivity index (χ4n) is 2.13. The molecule has 1 aromatic rings. The van der Waals surface area contributed by atoms with Gasteiger partial charge in [-0.2, -0.15) is 0 Å². The summed E-state index contributed by atoms with van der Waals surface area (Å²) < 4.78 is 5.24. The minimum absolute atomic E-state index is 0.0843. The normalized spacial score (nSPS) is 17.5. The first-order chi connectivity index (χ1) is 9.90. The van der Waals surface area contributed by atoms with Crippen LogP contribution in [0.25, 0.3) is 0 Å². The minimum atomic E-state index is -0.769. The van der Waals surface area contributed by atoms with Gasteiger partial charge in [-0.1, -0.05) is 0 Å². The molecule has 0 aromatic heterocycles. The number of carbonyl (C=O) groups excluding carboxylic acids is 1. The number of nitrogens with zero attached hydrogens (tertiary/aromatic N) is 2. The summed E-state index contributed by atoms with van der Waals surface area (Å²) in [7, 11) is 0. The quantitative estimate of drug-likeness (QED) is 0.665. The van der Waals surface area contributed by atoms with Crippen LogP contribution in [-0.2, 0) is 4.74 Å². The van der Waals surface area contributed by atoms with Crippen molar-refractivity contribution in [3.63, 3.8) is 0 Å². The van der Waals surface area contributed by atoms with Gasteiger partial charge in [0.05, 0.1) is 21.5 Å². The molecule has 0 radical (unpaired) electrons. The summed E-state index contributed by atoms with van der Waals surface area (Å²) in [6.07, 6.45) is 0.982. The van der Waals surface area contributed by atoms with Crippen LogP contribution in [0, 0.1) is 27.2 Å². The van der Waals surface area contributed by atoms with Crippen molar-refractivity contribution in [1.29, 1.82) is 0 Å². The van der Waals surface area contributed by atoms with Crippen molar-refractivity contribution in [1.82, 2.24) is 5.32 Å². The number of hydrogen-bond donors (Lipinski definition) is 1. The first-order valence-corrected chi connectivity index (χ1v) is 6.26. The standard InChI is InChI=1S/C12H13N3O6/c1-7-9(12(16)13-11-3-2-4-21-11)5-8(14(17)18)6-10(7)15(19)20/h5-6,11H,2-4H2,1H3,(H,13,16). The summed E-state index contributed by atoms with van der Waals surface area (Å²) in [4.78, 5) is 32.4. The number of nitrogens with one attached hydrogen (secondary N) is 1. The van der Waals surface area contributed by atoms with Gasteiger partial charge in [-0.25, -0.2) is 0 Å². The molecule has 1 aliphatic heterocycles. The lowest BCUT2D eigenvalue weighted by Crippen LogP contribution is -2.34. The molecule has 1 aromatic carbocycles. The smallest absolute Gasteiger partial charge is 0.279 e. The molecular weight excluding hydrogens is 282 g/mol. The molecule has 1 fully saturated rings. The molecule has 0 aliphatic carbocycles. The van der Waals surface area contributed by atoms with Crippen molar-refractivity contribution >= 4 is 17.3 Å². The summed E-state index contributed by atoms with van der Waals surface area (Å²) in [6, 6.07) is 1.88. The maximum Gasteiger partial charge on any atom is 0.279 e. The Morgan fingerprint density at radius 2 is 2.05 bits per heavy atom. The average molecular weight is 295 g/mol. The Morgan fingerprint density at radius 3 is 2.57 bits per heavy atom. The largest absolute Gasteiger partial charge is 0.359 e. The SMILES string of the molecule is Cc1c(C(=O)NC2CCCO2)cc([N+](=O)[O-])cc1[N+](=O)[O-]. The summed E-state index contributed by atoms with van der Waals surface area (Å²) in [5.41, 5.74) is -0.959. The minimum Gasteiger partial charge on any atom is -0.359 e. The molecule has 1 aliphatic rings. The predicted octanol–water partition coefficient (Wildman–Crippen LogP) is 1.68. The van der Waals surface area contributed by atoms with Gasteiger partial charge in [-0.05, 0) is 19.8 Å². The monoisotopic (exact) mass is 295 g/mol. The first-order valence-electron chi connectivity index (χ1n) is 6.26. The second kappa shape index (κ2) is 5.83. The predicted molar refractivity (Wildman–Crippen MR) is 70.9 cm³/mol. The zero-order valence-electron chi connectivity index (χ0n) is 11.2. The van der Waals surface area contributed by atoms with E-state index in [4.69, 9.17) is 4.74 Å². The Bertz CT molecular complexity index is 609. The number of amides is 1. The van der Waals surface area contributed by atoms with Gasteiger partial charge in [0.2, 0.25) is 0 Å². The van der Waals surface area contributed by atoms with Gasteiger partial charge in [0.25, 0.3) is 17.3 Å². The zero-order valence-corrected chi connectivity index (χ0v) is 11.2. The molecule has 21 heavy (non-hydrogen) atoms. The van der Waals surface area contributed by atoms with Crippen LogP contribution in [-0.4, -0.2) is 28.6 Å². The number of non-ortho nitro benzene ring substituents is 1. The molecular formula is C12H13N3O6. The molecule has 1 atom stereocenters. The van der Waals surface area contributed by atoms with Gasteiger partial charge in [0.15, 0.2) is 0 Å². The number of carbonyl (C=O) groups is 1. The maximum absolute atomic E-state index is 12.1. The highest BCUT2D eigenvalue weighted by atomic mass is 16.6. The van der Waals surface area contributed by atoms with Crippen molar-refractivity contribution in [2.45, 2.75) is 26.0 Å². The van der Waals surface area contributed by atoms with Gasteiger partial charge in [0, 0.05) is 18.2 Å². The Morgan fingerprint density at radius 1 is 1.33 bits per heavy atom. The van der Waals surface area contributed by atoms with E-state index in [1.54, 1.807) is 0 Å². The van der Waals surface area contributed by atoms with Crippen molar-refractivity contribution in [3.05, 3.63) is 43.5 Å². The molecule has 0 saturated carbocycles. The summed E-state index contributed by atoms with van der Waals surface area (Å²) in [5.74, 6) is -0.619. The highest BCUT2D eigenvalue weighted by Crippen LogP contribution is 2.28. The van der Waals surface area contributed by atoms with Gasteiger partial charge >= 0.3 is 0 Å². The third kappa shape index (κ3) is 3.14. The second-order valence-electron chi connectivity index (χ2n) is 4.63. The average Bonchev–Trinajstić information content (AvgIpc) is 2.90. The van der Waals surface area contributed by atoms with Crippen LogP contribution in [0.15, 0.2) is 12.1 Å². The van der Waals surface area contributed by atoms with E-state index in [-0.39, 0.29) is 11.1 Å². The van der Waals surface area contributed by atoms with Crippen LogP contribution < -0.4 is 5.32 Å². The van der Waals surface area contributed by atoms with E-state index in [9.17, 15) is 25.0 Å². The fourth-order valence-corrected chi connectivity index (χ4v) is 2.13. The summed E-state index contributed by atoms with van der Waals surface area (Å²) >= 11 is 0. The van der Waals surface area contributed by atoms with Crippen molar-refractivity contribution < 1.29 is 19.4 Å². The van der Waals surface area contributed by atoms with Crippen molar-refractivity contribution in [2.75, 3.05) is 6.61 Å². The van der Waals surface area contributed by atoms with Crippen LogP contribution in [0.2, 0.25) is 0 Å². The molecule has 0 spiro atoms. The molecule has 0 bridgehead atoms. The number of ether oxygens (including phenoxy) is 1. The van der Waals surface area contributed by atoms with Crippen molar-refractivity contribution in [2.24, 2.45) is 0 Å². The third-order valence-corrected chi connectivity index (χ3v) is 3.24. The number of nitro benzene ring substituents is 2. The van der Waals surface area contributed by atoms with Crippen LogP contribution in [0.5, 0.6) is 0 Å². The zero-order chi connectivity index (χ0) is 15.6. The van der Waals surface area contributed by atoms with Gasteiger partial charge in [0.1, 0.15) is 6.23 Å². The van der Waals surface area contributed by atoms with Crippen molar-refractivity contribution in [3.8, 4) is 0 Å². The van der Waals surface area contributed by atoms with Gasteiger partial charge in [-0.3, -0.25) is 25.0 Å². The summed E-state index contributed by atoms with van der Waals surface area (Å²) in [5, 5.41) is 24.3. The Balaban J connectivity index is 2.38. The Kier molecular flexibility index (Phi) is 4.13. The van der Waals surface area contributed by atoms with Gasteiger partial charge in [-0.15, -0.1) is 0 Å². The molecule has 1 N–H and O–H groups in total. The summed E-state index contributed by atoms with van der Waals surface area (Å²) in [6.45, 7) is 1.91.